The fourth-order valence-electron chi connectivity index (χ4n) is 2.47. The maximum atomic E-state index is 12.4. The predicted molar refractivity (Wildman–Crippen MR) is 116 cm³/mol. The van der Waals surface area contributed by atoms with E-state index in [4.69, 9.17) is 9.94 Å². The Morgan fingerprint density at radius 3 is 2.43 bits per heavy atom. The third-order valence-electron chi connectivity index (χ3n) is 3.92. The summed E-state index contributed by atoms with van der Waals surface area (Å²) < 4.78 is 6.48. The molecule has 0 bridgehead atoms. The van der Waals surface area contributed by atoms with Crippen LogP contribution in [0, 0.1) is 0 Å². The average molecular weight is 542 g/mol. The van der Waals surface area contributed by atoms with Crippen LogP contribution in [0.1, 0.15) is 35.4 Å². The van der Waals surface area contributed by atoms with Crippen molar-refractivity contribution in [1.29, 1.82) is 0 Å². The fourth-order valence-corrected chi connectivity index (χ4v) is 3.73. The number of benzene rings is 2. The van der Waals surface area contributed by atoms with Crippen molar-refractivity contribution in [2.75, 3.05) is 5.32 Å². The molecule has 0 aliphatic heterocycles. The first-order chi connectivity index (χ1) is 14.2. The molecule has 10 heteroatoms. The molecule has 4 N–H and O–H groups in total. The molecule has 2 aromatic rings. The van der Waals surface area contributed by atoms with Gasteiger partial charge in [-0.05, 0) is 59.3 Å². The Hall–Kier alpha value is -2.69. The largest absolute Gasteiger partial charge is 0.506 e. The van der Waals surface area contributed by atoms with Gasteiger partial charge in [-0.25, -0.2) is 10.3 Å². The van der Waals surface area contributed by atoms with E-state index in [0.29, 0.717) is 25.8 Å². The molecule has 0 saturated heterocycles. The lowest BCUT2D eigenvalue weighted by Gasteiger charge is -2.19. The SMILES string of the molecule is CC(=O)c1ccc(NC(=O)O[C@@H](C/C=C/C(=O)NO)c2cc(Br)cc(Br)c2O)cc1. The Morgan fingerprint density at radius 1 is 1.17 bits per heavy atom. The number of Topliss-reactive ketones (excluding diaryl/α,β-unsaturated/α-hetero) is 1. The van der Waals surface area contributed by atoms with Crippen LogP contribution in [0.25, 0.3) is 0 Å². The topological polar surface area (TPSA) is 125 Å². The molecule has 0 radical (unpaired) electrons. The minimum Gasteiger partial charge on any atom is -0.506 e. The van der Waals surface area contributed by atoms with Gasteiger partial charge in [0.2, 0.25) is 0 Å². The zero-order chi connectivity index (χ0) is 22.3. The van der Waals surface area contributed by atoms with Crippen LogP contribution in [0.5, 0.6) is 5.75 Å². The molecule has 0 aliphatic carbocycles. The van der Waals surface area contributed by atoms with Gasteiger partial charge in [0.25, 0.3) is 5.91 Å². The highest BCUT2D eigenvalue weighted by Gasteiger charge is 2.21. The van der Waals surface area contributed by atoms with Crippen molar-refractivity contribution in [1.82, 2.24) is 5.48 Å². The van der Waals surface area contributed by atoms with Crippen LogP contribution >= 0.6 is 31.9 Å². The third-order valence-corrected chi connectivity index (χ3v) is 4.98. The van der Waals surface area contributed by atoms with Gasteiger partial charge in [-0.1, -0.05) is 22.0 Å². The average Bonchev–Trinajstić information content (AvgIpc) is 2.70. The first-order valence-electron chi connectivity index (χ1n) is 8.58. The number of carbonyl (C=O) groups is 3. The van der Waals surface area contributed by atoms with Crippen molar-refractivity contribution >= 4 is 55.3 Å². The van der Waals surface area contributed by atoms with Gasteiger partial charge < -0.3 is 9.84 Å². The monoisotopic (exact) mass is 540 g/mol. The van der Waals surface area contributed by atoms with E-state index in [0.717, 1.165) is 6.08 Å². The lowest BCUT2D eigenvalue weighted by atomic mass is 10.0. The first kappa shape index (κ1) is 23.6. The number of hydrogen-bond acceptors (Lipinski definition) is 6. The molecule has 2 amide bonds. The van der Waals surface area contributed by atoms with Crippen LogP contribution in [0.15, 0.2) is 57.5 Å². The van der Waals surface area contributed by atoms with Gasteiger partial charge in [0, 0.05) is 33.8 Å². The van der Waals surface area contributed by atoms with E-state index in [1.807, 2.05) is 0 Å². The molecule has 0 fully saturated rings. The number of phenols is 1. The minimum absolute atomic E-state index is 0.0422. The zero-order valence-corrected chi connectivity index (χ0v) is 18.9. The summed E-state index contributed by atoms with van der Waals surface area (Å²) in [5.41, 5.74) is 2.68. The van der Waals surface area contributed by atoms with Crippen LogP contribution in [0.4, 0.5) is 10.5 Å². The Labute approximate surface area is 189 Å². The van der Waals surface area contributed by atoms with Crippen molar-refractivity contribution in [2.24, 2.45) is 0 Å². The highest BCUT2D eigenvalue weighted by molar-refractivity contribution is 9.11. The van der Waals surface area contributed by atoms with Gasteiger partial charge in [-0.2, -0.15) is 0 Å². The van der Waals surface area contributed by atoms with Gasteiger partial charge in [-0.15, -0.1) is 0 Å². The molecule has 0 aromatic heterocycles. The van der Waals surface area contributed by atoms with Gasteiger partial charge >= 0.3 is 6.09 Å². The Balaban J connectivity index is 2.21. The lowest BCUT2D eigenvalue weighted by Crippen LogP contribution is -2.18. The molecule has 0 aliphatic rings. The number of aromatic hydroxyl groups is 1. The highest BCUT2D eigenvalue weighted by Crippen LogP contribution is 2.38. The maximum Gasteiger partial charge on any atom is 0.412 e. The molecule has 158 valence electrons. The van der Waals surface area contributed by atoms with E-state index in [-0.39, 0.29) is 18.0 Å². The van der Waals surface area contributed by atoms with Crippen molar-refractivity contribution in [3.05, 3.63) is 68.6 Å². The number of rotatable bonds is 7. The number of hydroxylamine groups is 1. The molecule has 0 spiro atoms. The normalized spacial score (nSPS) is 11.7. The third kappa shape index (κ3) is 6.68. The molecule has 2 rings (SSSR count). The fraction of sp³-hybridized carbons (Fsp3) is 0.150. The van der Waals surface area contributed by atoms with Crippen LogP contribution in [0.3, 0.4) is 0 Å². The zero-order valence-electron chi connectivity index (χ0n) is 15.7. The van der Waals surface area contributed by atoms with E-state index in [2.05, 4.69) is 37.2 Å². The van der Waals surface area contributed by atoms with E-state index >= 15 is 0 Å². The highest BCUT2D eigenvalue weighted by atomic mass is 79.9. The number of halogens is 2. The Morgan fingerprint density at radius 2 is 1.83 bits per heavy atom. The van der Waals surface area contributed by atoms with Gasteiger partial charge in [0.05, 0.1) is 4.47 Å². The molecular weight excluding hydrogens is 524 g/mol. The summed E-state index contributed by atoms with van der Waals surface area (Å²) in [6.07, 6.45) is 0.753. The molecule has 0 saturated carbocycles. The second-order valence-corrected chi connectivity index (χ2v) is 7.86. The number of ether oxygens (including phenoxy) is 1. The Kier molecular flexibility index (Phi) is 8.58. The van der Waals surface area contributed by atoms with Crippen LogP contribution in [0.2, 0.25) is 0 Å². The summed E-state index contributed by atoms with van der Waals surface area (Å²) in [5, 5.41) is 21.5. The first-order valence-corrected chi connectivity index (χ1v) is 10.2. The Bertz CT molecular complexity index is 976. The second-order valence-electron chi connectivity index (χ2n) is 6.09. The van der Waals surface area contributed by atoms with Gasteiger partial charge in [-0.3, -0.25) is 20.1 Å². The standard InChI is InChI=1S/C20H18Br2N2O6/c1-11(25)12-5-7-14(8-6-12)23-20(28)30-17(3-2-4-18(26)24-29)15-9-13(21)10-16(22)19(15)27/h2,4-10,17,27,29H,3H2,1H3,(H,23,28)(H,24,26)/b4-2+/t17-/m0/s1. The summed E-state index contributed by atoms with van der Waals surface area (Å²) in [4.78, 5) is 34.9. The number of carbonyl (C=O) groups excluding carboxylic acids is 3. The van der Waals surface area contributed by atoms with Crippen molar-refractivity contribution in [3.8, 4) is 5.75 Å². The smallest absolute Gasteiger partial charge is 0.412 e. The molecule has 8 nitrogen and oxygen atoms in total. The van der Waals surface area contributed by atoms with Crippen molar-refractivity contribution in [2.45, 2.75) is 19.4 Å². The van der Waals surface area contributed by atoms with Gasteiger partial charge in [0.15, 0.2) is 5.78 Å². The predicted octanol–water partition coefficient (Wildman–Crippen LogP) is 4.86. The summed E-state index contributed by atoms with van der Waals surface area (Å²) in [7, 11) is 0. The van der Waals surface area contributed by atoms with E-state index < -0.39 is 18.1 Å². The van der Waals surface area contributed by atoms with E-state index in [9.17, 15) is 19.5 Å². The minimum atomic E-state index is -0.946. The molecule has 0 unspecified atom stereocenters. The quantitative estimate of drug-likeness (QED) is 0.172. The van der Waals surface area contributed by atoms with E-state index in [1.165, 1.54) is 18.5 Å². The van der Waals surface area contributed by atoms with Crippen LogP contribution in [-0.4, -0.2) is 28.1 Å². The summed E-state index contributed by atoms with van der Waals surface area (Å²) in [6, 6.07) is 9.48. The molecule has 1 atom stereocenters. The summed E-state index contributed by atoms with van der Waals surface area (Å²) >= 11 is 6.54. The number of nitrogens with one attached hydrogen (secondary N) is 2. The molecule has 30 heavy (non-hydrogen) atoms. The number of phenolic OH excluding ortho intramolecular Hbond substituents is 1. The van der Waals surface area contributed by atoms with Crippen molar-refractivity contribution in [3.63, 3.8) is 0 Å². The summed E-state index contributed by atoms with van der Waals surface area (Å²) in [5.74, 6) is -0.969. The lowest BCUT2D eigenvalue weighted by molar-refractivity contribution is -0.124. The number of anilines is 1. The van der Waals surface area contributed by atoms with Crippen LogP contribution < -0.4 is 10.8 Å². The van der Waals surface area contributed by atoms with E-state index in [1.54, 1.807) is 36.4 Å². The van der Waals surface area contributed by atoms with Crippen molar-refractivity contribution < 1.29 is 29.4 Å². The second kappa shape index (κ2) is 10.9. The number of amides is 2. The molecule has 2 aromatic carbocycles. The number of ketones is 1. The number of hydrogen-bond donors (Lipinski definition) is 4. The molecular formula is C20H18Br2N2O6. The van der Waals surface area contributed by atoms with Crippen LogP contribution in [-0.2, 0) is 9.53 Å². The molecule has 0 heterocycles. The summed E-state index contributed by atoms with van der Waals surface area (Å²) in [6.45, 7) is 1.44. The van der Waals surface area contributed by atoms with Gasteiger partial charge in [0.1, 0.15) is 11.9 Å². The maximum absolute atomic E-state index is 12.4.